The Bertz CT molecular complexity index is 134. The molecule has 0 N–H and O–H groups in total. The van der Waals surface area contributed by atoms with Crippen LogP contribution in [0.5, 0.6) is 0 Å². The van der Waals surface area contributed by atoms with Gasteiger partial charge < -0.3 is 0 Å². The van der Waals surface area contributed by atoms with Crippen LogP contribution in [0.1, 0.15) is 27.2 Å². The van der Waals surface area contributed by atoms with E-state index < -0.39 is 0 Å². The van der Waals surface area contributed by atoms with Crippen LogP contribution in [0.4, 0.5) is 0 Å². The summed E-state index contributed by atoms with van der Waals surface area (Å²) in [7, 11) is 0. The van der Waals surface area contributed by atoms with Gasteiger partial charge in [0.05, 0.1) is 0 Å². The SMILES string of the molecule is C/C=C(Br)\C=C/C(C)CC. The summed E-state index contributed by atoms with van der Waals surface area (Å²) in [6.07, 6.45) is 7.57. The van der Waals surface area contributed by atoms with Crippen molar-refractivity contribution in [3.63, 3.8) is 0 Å². The number of hydrogen-bond donors (Lipinski definition) is 0. The minimum Gasteiger partial charge on any atom is -0.0806 e. The van der Waals surface area contributed by atoms with Crippen LogP contribution < -0.4 is 0 Å². The normalized spacial score (nSPS) is 16.2. The lowest BCUT2D eigenvalue weighted by atomic mass is 10.1. The molecule has 1 heteroatoms. The maximum absolute atomic E-state index is 3.41. The van der Waals surface area contributed by atoms with Crippen molar-refractivity contribution in [2.45, 2.75) is 27.2 Å². The van der Waals surface area contributed by atoms with Crippen LogP contribution in [0.25, 0.3) is 0 Å². The van der Waals surface area contributed by atoms with Gasteiger partial charge in [-0.3, -0.25) is 0 Å². The van der Waals surface area contributed by atoms with Crippen LogP contribution in [0.2, 0.25) is 0 Å². The van der Waals surface area contributed by atoms with E-state index in [4.69, 9.17) is 0 Å². The minimum atomic E-state index is 0.687. The molecule has 0 amide bonds. The van der Waals surface area contributed by atoms with Crippen LogP contribution >= 0.6 is 15.9 Å². The molecule has 0 aromatic rings. The third-order valence-electron chi connectivity index (χ3n) is 1.50. The smallest absolute Gasteiger partial charge is 0.0129 e. The van der Waals surface area contributed by atoms with E-state index in [9.17, 15) is 0 Å². The molecule has 0 nitrogen and oxygen atoms in total. The van der Waals surface area contributed by atoms with Crippen LogP contribution in [0, 0.1) is 5.92 Å². The van der Waals surface area contributed by atoms with Gasteiger partial charge in [0.2, 0.25) is 0 Å². The molecule has 1 unspecified atom stereocenters. The van der Waals surface area contributed by atoms with Crippen molar-refractivity contribution in [3.05, 3.63) is 22.7 Å². The molecule has 0 aliphatic rings. The Morgan fingerprint density at radius 2 is 2.20 bits per heavy atom. The van der Waals surface area contributed by atoms with Crippen LogP contribution in [-0.2, 0) is 0 Å². The van der Waals surface area contributed by atoms with Gasteiger partial charge >= 0.3 is 0 Å². The zero-order chi connectivity index (χ0) is 7.98. The van der Waals surface area contributed by atoms with Gasteiger partial charge in [-0.15, -0.1) is 0 Å². The lowest BCUT2D eigenvalue weighted by molar-refractivity contribution is 0.698. The fourth-order valence-electron chi connectivity index (χ4n) is 0.488. The average molecular weight is 203 g/mol. The first-order valence-corrected chi connectivity index (χ1v) is 4.50. The molecule has 0 fully saturated rings. The molecule has 0 aromatic heterocycles. The van der Waals surface area contributed by atoms with Gasteiger partial charge in [0.1, 0.15) is 0 Å². The first-order chi connectivity index (χ1) is 4.70. The molecule has 0 rings (SSSR count). The lowest BCUT2D eigenvalue weighted by Gasteiger charge is -1.97. The Morgan fingerprint density at radius 1 is 1.60 bits per heavy atom. The summed E-state index contributed by atoms with van der Waals surface area (Å²) < 4.78 is 1.16. The molecule has 0 saturated carbocycles. The van der Waals surface area contributed by atoms with Gasteiger partial charge in [-0.25, -0.2) is 0 Å². The molecule has 0 saturated heterocycles. The Kier molecular flexibility index (Phi) is 5.70. The molecule has 1 atom stereocenters. The van der Waals surface area contributed by atoms with Gasteiger partial charge in [-0.1, -0.05) is 54.4 Å². The Morgan fingerprint density at radius 3 is 2.60 bits per heavy atom. The fraction of sp³-hybridized carbons (Fsp3) is 0.556. The summed E-state index contributed by atoms with van der Waals surface area (Å²) in [5.74, 6) is 0.687. The predicted molar refractivity (Wildman–Crippen MR) is 51.3 cm³/mol. The molecule has 0 aromatic carbocycles. The van der Waals surface area contributed by atoms with Crippen molar-refractivity contribution in [1.82, 2.24) is 0 Å². The summed E-state index contributed by atoms with van der Waals surface area (Å²) in [6, 6.07) is 0. The quantitative estimate of drug-likeness (QED) is 0.610. The Balaban J connectivity index is 3.75. The Hall–Kier alpha value is -0.0400. The monoisotopic (exact) mass is 202 g/mol. The average Bonchev–Trinajstić information content (AvgIpc) is 1.99. The topological polar surface area (TPSA) is 0 Å². The molecule has 58 valence electrons. The van der Waals surface area contributed by atoms with E-state index >= 15 is 0 Å². The highest BCUT2D eigenvalue weighted by Gasteiger charge is 1.89. The summed E-state index contributed by atoms with van der Waals surface area (Å²) in [5.41, 5.74) is 0. The summed E-state index contributed by atoms with van der Waals surface area (Å²) >= 11 is 3.41. The van der Waals surface area contributed by atoms with E-state index in [1.165, 1.54) is 6.42 Å². The first kappa shape index (κ1) is 9.96. The maximum Gasteiger partial charge on any atom is 0.0129 e. The largest absolute Gasteiger partial charge is 0.0806 e. The van der Waals surface area contributed by atoms with Crippen molar-refractivity contribution >= 4 is 15.9 Å². The summed E-state index contributed by atoms with van der Waals surface area (Å²) in [4.78, 5) is 0. The molecular weight excluding hydrogens is 188 g/mol. The van der Waals surface area contributed by atoms with Gasteiger partial charge in [0, 0.05) is 4.48 Å². The number of allylic oxidation sites excluding steroid dienone is 4. The highest BCUT2D eigenvalue weighted by atomic mass is 79.9. The molecule has 0 aliphatic heterocycles. The summed E-state index contributed by atoms with van der Waals surface area (Å²) in [5, 5.41) is 0. The second-order valence-corrected chi connectivity index (χ2v) is 3.33. The lowest BCUT2D eigenvalue weighted by Crippen LogP contribution is -1.83. The van der Waals surface area contributed by atoms with Crippen LogP contribution in [0.3, 0.4) is 0 Å². The van der Waals surface area contributed by atoms with Gasteiger partial charge in [0.15, 0.2) is 0 Å². The minimum absolute atomic E-state index is 0.687. The number of hydrogen-bond acceptors (Lipinski definition) is 0. The van der Waals surface area contributed by atoms with E-state index in [0.29, 0.717) is 5.92 Å². The van der Waals surface area contributed by atoms with Crippen LogP contribution in [-0.4, -0.2) is 0 Å². The first-order valence-electron chi connectivity index (χ1n) is 3.70. The van der Waals surface area contributed by atoms with E-state index in [0.717, 1.165) is 4.48 Å². The maximum atomic E-state index is 3.41. The highest BCUT2D eigenvalue weighted by molar-refractivity contribution is 9.11. The van der Waals surface area contributed by atoms with Crippen molar-refractivity contribution in [1.29, 1.82) is 0 Å². The van der Waals surface area contributed by atoms with Crippen molar-refractivity contribution in [2.75, 3.05) is 0 Å². The van der Waals surface area contributed by atoms with Crippen molar-refractivity contribution in [2.24, 2.45) is 5.92 Å². The fourth-order valence-corrected chi connectivity index (χ4v) is 0.641. The Labute approximate surface area is 72.1 Å². The van der Waals surface area contributed by atoms with Crippen molar-refractivity contribution < 1.29 is 0 Å². The van der Waals surface area contributed by atoms with Gasteiger partial charge in [0.25, 0.3) is 0 Å². The molecular formula is C9H15Br. The molecule has 0 bridgehead atoms. The standard InChI is InChI=1S/C9H15Br/c1-4-8(3)6-7-9(10)5-2/h5-8H,4H2,1-3H3/b7-6-,9-5+. The van der Waals surface area contributed by atoms with Gasteiger partial charge in [-0.05, 0) is 12.8 Å². The zero-order valence-electron chi connectivity index (χ0n) is 6.89. The predicted octanol–water partition coefficient (Wildman–Crippen LogP) is 3.89. The number of rotatable bonds is 3. The molecule has 0 spiro atoms. The van der Waals surface area contributed by atoms with E-state index in [1.54, 1.807) is 0 Å². The van der Waals surface area contributed by atoms with Crippen molar-refractivity contribution in [3.8, 4) is 0 Å². The molecule has 0 radical (unpaired) electrons. The number of halogens is 1. The molecule has 10 heavy (non-hydrogen) atoms. The second kappa shape index (κ2) is 5.72. The third-order valence-corrected chi connectivity index (χ3v) is 2.23. The third kappa shape index (κ3) is 4.80. The summed E-state index contributed by atoms with van der Waals surface area (Å²) in [6.45, 7) is 6.43. The van der Waals surface area contributed by atoms with Crippen LogP contribution in [0.15, 0.2) is 22.7 Å². The van der Waals surface area contributed by atoms with E-state index in [2.05, 4.69) is 41.9 Å². The van der Waals surface area contributed by atoms with E-state index in [1.807, 2.05) is 13.0 Å². The van der Waals surface area contributed by atoms with Gasteiger partial charge in [-0.2, -0.15) is 0 Å². The second-order valence-electron chi connectivity index (χ2n) is 2.42. The highest BCUT2D eigenvalue weighted by Crippen LogP contribution is 2.09. The zero-order valence-corrected chi connectivity index (χ0v) is 8.48. The molecule has 0 heterocycles. The van der Waals surface area contributed by atoms with E-state index in [-0.39, 0.29) is 0 Å². The molecule has 0 aliphatic carbocycles.